The molecule has 1 N–H and O–H groups in total. The van der Waals surface area contributed by atoms with Gasteiger partial charge in [0.15, 0.2) is 0 Å². The second-order valence-electron chi connectivity index (χ2n) is 5.83. The lowest BCUT2D eigenvalue weighted by molar-refractivity contribution is 0.393. The first-order valence-corrected chi connectivity index (χ1v) is 8.49. The normalized spacial score (nSPS) is 12.8. The van der Waals surface area contributed by atoms with E-state index < -0.39 is 0 Å². The van der Waals surface area contributed by atoms with Gasteiger partial charge < -0.3 is 5.32 Å². The molecule has 1 heteroatoms. The van der Waals surface area contributed by atoms with Crippen LogP contribution in [0, 0.1) is 5.92 Å². The monoisotopic (exact) mass is 255 g/mol. The summed E-state index contributed by atoms with van der Waals surface area (Å²) in [5.41, 5.74) is 0. The van der Waals surface area contributed by atoms with Crippen LogP contribution in [-0.4, -0.2) is 13.6 Å². The van der Waals surface area contributed by atoms with E-state index >= 15 is 0 Å². The molecule has 0 amide bonds. The van der Waals surface area contributed by atoms with E-state index in [1.807, 2.05) is 0 Å². The Morgan fingerprint density at radius 3 is 1.61 bits per heavy atom. The van der Waals surface area contributed by atoms with Gasteiger partial charge in [0.1, 0.15) is 0 Å². The van der Waals surface area contributed by atoms with E-state index in [0.29, 0.717) is 0 Å². The average Bonchev–Trinajstić information content (AvgIpc) is 2.38. The fourth-order valence-electron chi connectivity index (χ4n) is 2.71. The van der Waals surface area contributed by atoms with Crippen molar-refractivity contribution in [3.8, 4) is 0 Å². The van der Waals surface area contributed by atoms with Crippen LogP contribution in [0.25, 0.3) is 0 Å². The minimum Gasteiger partial charge on any atom is -0.319 e. The lowest BCUT2D eigenvalue weighted by atomic mass is 9.94. The molecule has 110 valence electrons. The van der Waals surface area contributed by atoms with E-state index in [0.717, 1.165) is 5.92 Å². The molecule has 0 aliphatic carbocycles. The third-order valence-electron chi connectivity index (χ3n) is 3.92. The minimum atomic E-state index is 0.929. The molecule has 1 atom stereocenters. The highest BCUT2D eigenvalue weighted by atomic mass is 14.8. The van der Waals surface area contributed by atoms with Crippen LogP contribution >= 0.6 is 0 Å². The molecule has 0 aliphatic heterocycles. The Hall–Kier alpha value is -0.0400. The average molecular weight is 255 g/mol. The first kappa shape index (κ1) is 18.0. The smallest absolute Gasteiger partial charge is 0.00235 e. The van der Waals surface area contributed by atoms with Crippen molar-refractivity contribution in [1.82, 2.24) is 5.32 Å². The largest absolute Gasteiger partial charge is 0.319 e. The predicted octanol–water partition coefficient (Wildman–Crippen LogP) is 5.54. The quantitative estimate of drug-likeness (QED) is 0.402. The Bertz CT molecular complexity index is 145. The van der Waals surface area contributed by atoms with Gasteiger partial charge >= 0.3 is 0 Å². The van der Waals surface area contributed by atoms with Crippen LogP contribution in [0.2, 0.25) is 0 Å². The summed E-state index contributed by atoms with van der Waals surface area (Å²) in [6, 6.07) is 0. The SMILES string of the molecule is CCCCCCCCC(CCCCCC)CNC. The molecule has 0 rings (SSSR count). The maximum Gasteiger partial charge on any atom is -0.00235 e. The molecule has 0 aromatic rings. The summed E-state index contributed by atoms with van der Waals surface area (Å²) in [5.74, 6) is 0.929. The second-order valence-corrected chi connectivity index (χ2v) is 5.83. The van der Waals surface area contributed by atoms with E-state index in [4.69, 9.17) is 0 Å². The molecule has 0 fully saturated rings. The Morgan fingerprint density at radius 1 is 0.667 bits per heavy atom. The fourth-order valence-corrected chi connectivity index (χ4v) is 2.71. The summed E-state index contributed by atoms with van der Waals surface area (Å²) in [7, 11) is 2.10. The molecular weight excluding hydrogens is 218 g/mol. The van der Waals surface area contributed by atoms with Gasteiger partial charge in [0.2, 0.25) is 0 Å². The fraction of sp³-hybridized carbons (Fsp3) is 1.00. The van der Waals surface area contributed by atoms with Crippen LogP contribution in [0.15, 0.2) is 0 Å². The van der Waals surface area contributed by atoms with Gasteiger partial charge in [-0.15, -0.1) is 0 Å². The molecular formula is C17H37N. The zero-order valence-corrected chi connectivity index (χ0v) is 13.3. The number of rotatable bonds is 14. The predicted molar refractivity (Wildman–Crippen MR) is 84.2 cm³/mol. The number of hydrogen-bond acceptors (Lipinski definition) is 1. The van der Waals surface area contributed by atoms with Crippen molar-refractivity contribution in [2.45, 2.75) is 90.9 Å². The molecule has 0 saturated carbocycles. The van der Waals surface area contributed by atoms with Gasteiger partial charge in [0.25, 0.3) is 0 Å². The van der Waals surface area contributed by atoms with Crippen LogP contribution in [-0.2, 0) is 0 Å². The highest BCUT2D eigenvalue weighted by molar-refractivity contribution is 4.62. The van der Waals surface area contributed by atoms with Crippen molar-refractivity contribution >= 4 is 0 Å². The van der Waals surface area contributed by atoms with Gasteiger partial charge in [0, 0.05) is 0 Å². The summed E-state index contributed by atoms with van der Waals surface area (Å²) in [5, 5.41) is 3.37. The first-order chi connectivity index (χ1) is 8.85. The maximum absolute atomic E-state index is 3.37. The maximum atomic E-state index is 3.37. The first-order valence-electron chi connectivity index (χ1n) is 8.49. The zero-order valence-electron chi connectivity index (χ0n) is 13.3. The topological polar surface area (TPSA) is 12.0 Å². The molecule has 18 heavy (non-hydrogen) atoms. The van der Waals surface area contributed by atoms with Crippen LogP contribution in [0.1, 0.15) is 90.9 Å². The van der Waals surface area contributed by atoms with Crippen molar-refractivity contribution in [3.63, 3.8) is 0 Å². The lowest BCUT2D eigenvalue weighted by Crippen LogP contribution is -2.18. The molecule has 0 aliphatic rings. The molecule has 0 aromatic carbocycles. The zero-order chi connectivity index (χ0) is 13.5. The highest BCUT2D eigenvalue weighted by Gasteiger charge is 2.07. The highest BCUT2D eigenvalue weighted by Crippen LogP contribution is 2.18. The molecule has 0 aromatic heterocycles. The molecule has 0 saturated heterocycles. The van der Waals surface area contributed by atoms with Crippen LogP contribution in [0.3, 0.4) is 0 Å². The molecule has 1 unspecified atom stereocenters. The van der Waals surface area contributed by atoms with Crippen LogP contribution < -0.4 is 5.32 Å². The summed E-state index contributed by atoms with van der Waals surface area (Å²) in [6.45, 7) is 5.81. The Labute approximate surface area is 116 Å². The van der Waals surface area contributed by atoms with Crippen molar-refractivity contribution in [2.75, 3.05) is 13.6 Å². The van der Waals surface area contributed by atoms with Gasteiger partial charge in [-0.3, -0.25) is 0 Å². The summed E-state index contributed by atoms with van der Waals surface area (Å²) < 4.78 is 0. The van der Waals surface area contributed by atoms with Gasteiger partial charge in [-0.1, -0.05) is 78.1 Å². The Kier molecular flexibility index (Phi) is 15.0. The minimum absolute atomic E-state index is 0.929. The van der Waals surface area contributed by atoms with Gasteiger partial charge in [-0.25, -0.2) is 0 Å². The Morgan fingerprint density at radius 2 is 1.11 bits per heavy atom. The second kappa shape index (κ2) is 15.0. The van der Waals surface area contributed by atoms with Crippen molar-refractivity contribution in [1.29, 1.82) is 0 Å². The van der Waals surface area contributed by atoms with Crippen molar-refractivity contribution in [3.05, 3.63) is 0 Å². The van der Waals surface area contributed by atoms with E-state index in [1.54, 1.807) is 0 Å². The molecule has 0 heterocycles. The van der Waals surface area contributed by atoms with Crippen molar-refractivity contribution in [2.24, 2.45) is 5.92 Å². The van der Waals surface area contributed by atoms with E-state index in [9.17, 15) is 0 Å². The van der Waals surface area contributed by atoms with Crippen LogP contribution in [0.5, 0.6) is 0 Å². The van der Waals surface area contributed by atoms with E-state index in [1.165, 1.54) is 83.6 Å². The third kappa shape index (κ3) is 12.4. The third-order valence-corrected chi connectivity index (χ3v) is 3.92. The molecule has 0 radical (unpaired) electrons. The van der Waals surface area contributed by atoms with Gasteiger partial charge in [-0.05, 0) is 32.4 Å². The van der Waals surface area contributed by atoms with Crippen LogP contribution in [0.4, 0.5) is 0 Å². The lowest BCUT2D eigenvalue weighted by Gasteiger charge is -2.16. The summed E-state index contributed by atoms with van der Waals surface area (Å²) in [4.78, 5) is 0. The standard InChI is InChI=1S/C17H37N/c1-4-6-8-10-11-13-15-17(16-18-3)14-12-9-7-5-2/h17-18H,4-16H2,1-3H3. The number of unbranched alkanes of at least 4 members (excludes halogenated alkanes) is 8. The van der Waals surface area contributed by atoms with E-state index in [2.05, 4.69) is 26.2 Å². The molecule has 0 bridgehead atoms. The summed E-state index contributed by atoms with van der Waals surface area (Å²) in [6.07, 6.45) is 17.1. The van der Waals surface area contributed by atoms with E-state index in [-0.39, 0.29) is 0 Å². The summed E-state index contributed by atoms with van der Waals surface area (Å²) >= 11 is 0. The Balaban J connectivity index is 3.44. The number of nitrogens with one attached hydrogen (secondary N) is 1. The van der Waals surface area contributed by atoms with Gasteiger partial charge in [-0.2, -0.15) is 0 Å². The van der Waals surface area contributed by atoms with Crippen molar-refractivity contribution < 1.29 is 0 Å². The molecule has 0 spiro atoms. The molecule has 1 nitrogen and oxygen atoms in total. The van der Waals surface area contributed by atoms with Gasteiger partial charge in [0.05, 0.1) is 0 Å². The number of hydrogen-bond donors (Lipinski definition) is 1.